The fourth-order valence-electron chi connectivity index (χ4n) is 1.94. The molecule has 0 aliphatic heterocycles. The van der Waals surface area contributed by atoms with Crippen molar-refractivity contribution in [3.8, 4) is 5.75 Å². The van der Waals surface area contributed by atoms with E-state index in [4.69, 9.17) is 10.5 Å². The van der Waals surface area contributed by atoms with Crippen LogP contribution in [-0.4, -0.2) is 11.6 Å². The molecule has 0 radical (unpaired) electrons. The fourth-order valence-corrected chi connectivity index (χ4v) is 1.94. The first-order valence-corrected chi connectivity index (χ1v) is 6.54. The van der Waals surface area contributed by atoms with E-state index in [0.717, 1.165) is 23.3 Å². The highest BCUT2D eigenvalue weighted by molar-refractivity contribution is 5.37. The molecular formula is C16H20N2O. The number of aryl methyl sites for hydroxylation is 1. The van der Waals surface area contributed by atoms with Crippen molar-refractivity contribution in [1.29, 1.82) is 0 Å². The summed E-state index contributed by atoms with van der Waals surface area (Å²) in [6.07, 6.45) is 4.51. The molecule has 0 saturated carbocycles. The lowest BCUT2D eigenvalue weighted by atomic mass is 10.1. The molecule has 0 aliphatic carbocycles. The lowest BCUT2D eigenvalue weighted by Crippen LogP contribution is -2.06. The van der Waals surface area contributed by atoms with Gasteiger partial charge in [-0.3, -0.25) is 4.98 Å². The number of benzene rings is 1. The normalized spacial score (nSPS) is 12.2. The molecule has 3 nitrogen and oxygen atoms in total. The maximum absolute atomic E-state index is 5.86. The van der Waals surface area contributed by atoms with Crippen molar-refractivity contribution in [3.05, 3.63) is 59.4 Å². The summed E-state index contributed by atoms with van der Waals surface area (Å²) in [6.45, 7) is 4.69. The van der Waals surface area contributed by atoms with E-state index in [1.165, 1.54) is 5.56 Å². The summed E-state index contributed by atoms with van der Waals surface area (Å²) in [6, 6.07) is 10.2. The summed E-state index contributed by atoms with van der Waals surface area (Å²) >= 11 is 0. The molecule has 0 spiro atoms. The molecule has 1 aromatic carbocycles. The van der Waals surface area contributed by atoms with Crippen molar-refractivity contribution in [2.75, 3.05) is 6.61 Å². The zero-order valence-corrected chi connectivity index (χ0v) is 11.5. The van der Waals surface area contributed by atoms with Gasteiger partial charge in [0.05, 0.1) is 6.61 Å². The minimum atomic E-state index is 0.0585. The van der Waals surface area contributed by atoms with E-state index in [1.54, 1.807) is 6.20 Å². The molecule has 19 heavy (non-hydrogen) atoms. The first-order valence-electron chi connectivity index (χ1n) is 6.54. The first-order chi connectivity index (χ1) is 9.16. The summed E-state index contributed by atoms with van der Waals surface area (Å²) in [5.74, 6) is 0.924. The van der Waals surface area contributed by atoms with Gasteiger partial charge in [-0.2, -0.15) is 0 Å². The average molecular weight is 256 g/mol. The minimum absolute atomic E-state index is 0.0585. The van der Waals surface area contributed by atoms with E-state index in [1.807, 2.05) is 38.2 Å². The number of nitrogens with two attached hydrogens (primary N) is 1. The molecule has 0 aliphatic rings. The van der Waals surface area contributed by atoms with Crippen LogP contribution in [0.25, 0.3) is 0 Å². The number of pyridine rings is 1. The van der Waals surface area contributed by atoms with E-state index in [9.17, 15) is 0 Å². The second-order valence-electron chi connectivity index (χ2n) is 4.77. The third-order valence-electron chi connectivity index (χ3n) is 3.10. The van der Waals surface area contributed by atoms with Crippen LogP contribution in [0, 0.1) is 6.92 Å². The van der Waals surface area contributed by atoms with Gasteiger partial charge in [-0.25, -0.2) is 0 Å². The molecule has 0 amide bonds. The number of rotatable bonds is 5. The monoisotopic (exact) mass is 256 g/mol. The predicted molar refractivity (Wildman–Crippen MR) is 77.2 cm³/mol. The van der Waals surface area contributed by atoms with E-state index in [0.29, 0.717) is 6.61 Å². The Morgan fingerprint density at radius 2 is 2.16 bits per heavy atom. The van der Waals surface area contributed by atoms with Crippen LogP contribution in [-0.2, 0) is 6.42 Å². The van der Waals surface area contributed by atoms with Crippen molar-refractivity contribution in [1.82, 2.24) is 4.98 Å². The van der Waals surface area contributed by atoms with E-state index < -0.39 is 0 Å². The van der Waals surface area contributed by atoms with Gasteiger partial charge in [-0.05, 0) is 42.7 Å². The second-order valence-corrected chi connectivity index (χ2v) is 4.77. The van der Waals surface area contributed by atoms with Crippen molar-refractivity contribution >= 4 is 0 Å². The lowest BCUT2D eigenvalue weighted by molar-refractivity contribution is 0.319. The van der Waals surface area contributed by atoms with Crippen LogP contribution in [0.2, 0.25) is 0 Å². The zero-order valence-electron chi connectivity index (χ0n) is 11.5. The molecule has 0 saturated heterocycles. The van der Waals surface area contributed by atoms with Gasteiger partial charge in [0, 0.05) is 24.9 Å². The van der Waals surface area contributed by atoms with Crippen molar-refractivity contribution < 1.29 is 4.74 Å². The number of aromatic nitrogens is 1. The molecule has 3 heteroatoms. The topological polar surface area (TPSA) is 48.1 Å². The van der Waals surface area contributed by atoms with Crippen LogP contribution in [0.1, 0.15) is 29.7 Å². The van der Waals surface area contributed by atoms with Gasteiger partial charge in [0.1, 0.15) is 5.75 Å². The Balaban J connectivity index is 1.93. The molecule has 0 unspecified atom stereocenters. The Labute approximate surface area is 114 Å². The Morgan fingerprint density at radius 3 is 2.79 bits per heavy atom. The molecule has 0 bridgehead atoms. The molecule has 100 valence electrons. The maximum atomic E-state index is 5.86. The molecule has 2 rings (SSSR count). The Morgan fingerprint density at radius 1 is 1.32 bits per heavy atom. The van der Waals surface area contributed by atoms with E-state index in [-0.39, 0.29) is 6.04 Å². The van der Waals surface area contributed by atoms with Crippen LogP contribution in [0.3, 0.4) is 0 Å². The Bertz CT molecular complexity index is 524. The van der Waals surface area contributed by atoms with Crippen molar-refractivity contribution in [2.45, 2.75) is 26.3 Å². The standard InChI is InChI=1S/C16H20N2O/c1-12-10-15(13(2)17)5-6-16(12)19-9-7-14-4-3-8-18-11-14/h3-6,8,10-11,13H,7,9,17H2,1-2H3/t13-/m1/s1. The summed E-state index contributed by atoms with van der Waals surface area (Å²) in [5, 5.41) is 0. The summed E-state index contributed by atoms with van der Waals surface area (Å²) in [7, 11) is 0. The number of nitrogens with zero attached hydrogens (tertiary/aromatic N) is 1. The highest BCUT2D eigenvalue weighted by Gasteiger charge is 2.04. The highest BCUT2D eigenvalue weighted by Crippen LogP contribution is 2.22. The molecule has 0 fully saturated rings. The van der Waals surface area contributed by atoms with E-state index >= 15 is 0 Å². The van der Waals surface area contributed by atoms with Gasteiger partial charge >= 0.3 is 0 Å². The van der Waals surface area contributed by atoms with Crippen molar-refractivity contribution in [2.24, 2.45) is 5.73 Å². The average Bonchev–Trinajstić information content (AvgIpc) is 2.41. The molecule has 2 aromatic rings. The van der Waals surface area contributed by atoms with Crippen LogP contribution >= 0.6 is 0 Å². The number of hydrogen-bond donors (Lipinski definition) is 1. The Hall–Kier alpha value is -1.87. The first kappa shape index (κ1) is 13.6. The largest absolute Gasteiger partial charge is 0.493 e. The Kier molecular flexibility index (Phi) is 4.53. The molecule has 1 atom stereocenters. The second kappa shape index (κ2) is 6.34. The van der Waals surface area contributed by atoms with E-state index in [2.05, 4.69) is 17.1 Å². The number of hydrogen-bond acceptors (Lipinski definition) is 3. The fraction of sp³-hybridized carbons (Fsp3) is 0.312. The van der Waals surface area contributed by atoms with Crippen LogP contribution in [0.15, 0.2) is 42.7 Å². The predicted octanol–water partition coefficient (Wildman–Crippen LogP) is 3.03. The van der Waals surface area contributed by atoms with Gasteiger partial charge < -0.3 is 10.5 Å². The van der Waals surface area contributed by atoms with Gasteiger partial charge in [0.25, 0.3) is 0 Å². The smallest absolute Gasteiger partial charge is 0.122 e. The molecular weight excluding hydrogens is 236 g/mol. The minimum Gasteiger partial charge on any atom is -0.493 e. The maximum Gasteiger partial charge on any atom is 0.122 e. The SMILES string of the molecule is Cc1cc([C@@H](C)N)ccc1OCCc1cccnc1. The molecule has 1 aromatic heterocycles. The van der Waals surface area contributed by atoms with Crippen molar-refractivity contribution in [3.63, 3.8) is 0 Å². The molecule has 1 heterocycles. The van der Waals surface area contributed by atoms with Crippen LogP contribution in [0.4, 0.5) is 0 Å². The summed E-state index contributed by atoms with van der Waals surface area (Å²) in [4.78, 5) is 4.09. The quantitative estimate of drug-likeness (QED) is 0.894. The molecule has 2 N–H and O–H groups in total. The third kappa shape index (κ3) is 3.80. The van der Waals surface area contributed by atoms with Gasteiger partial charge in [-0.15, -0.1) is 0 Å². The van der Waals surface area contributed by atoms with Crippen LogP contribution < -0.4 is 10.5 Å². The van der Waals surface area contributed by atoms with Gasteiger partial charge in [0.15, 0.2) is 0 Å². The summed E-state index contributed by atoms with van der Waals surface area (Å²) < 4.78 is 5.81. The number of ether oxygens (including phenoxy) is 1. The van der Waals surface area contributed by atoms with Crippen LogP contribution in [0.5, 0.6) is 5.75 Å². The zero-order chi connectivity index (χ0) is 13.7. The highest BCUT2D eigenvalue weighted by atomic mass is 16.5. The lowest BCUT2D eigenvalue weighted by Gasteiger charge is -2.12. The summed E-state index contributed by atoms with van der Waals surface area (Å²) in [5.41, 5.74) is 9.31. The third-order valence-corrected chi connectivity index (χ3v) is 3.10. The van der Waals surface area contributed by atoms with Gasteiger partial charge in [0.2, 0.25) is 0 Å². The van der Waals surface area contributed by atoms with Gasteiger partial charge in [-0.1, -0.05) is 18.2 Å².